The third kappa shape index (κ3) is 4.83. The average Bonchev–Trinajstić information content (AvgIpc) is 2.28. The normalized spacial score (nSPS) is 14.3. The van der Waals surface area contributed by atoms with Crippen LogP contribution in [0.15, 0.2) is 30.3 Å². The second kappa shape index (κ2) is 6.38. The maximum absolute atomic E-state index is 12.3. The molecule has 1 N–H and O–H groups in total. The molecule has 1 aromatic carbocycles. The van der Waals surface area contributed by atoms with Crippen LogP contribution in [0.5, 0.6) is 0 Å². The first kappa shape index (κ1) is 16.0. The van der Waals surface area contributed by atoms with Crippen LogP contribution in [0.4, 0.5) is 13.2 Å². The molecule has 1 aromatic rings. The molecule has 0 aliphatic rings. The van der Waals surface area contributed by atoms with Gasteiger partial charge in [0.2, 0.25) is 0 Å². The summed E-state index contributed by atoms with van der Waals surface area (Å²) in [5.41, 5.74) is -4.47. The summed E-state index contributed by atoms with van der Waals surface area (Å²) in [5, 5.41) is 0. The van der Waals surface area contributed by atoms with Crippen molar-refractivity contribution in [2.75, 3.05) is 0 Å². The second-order valence-electron chi connectivity index (χ2n) is 4.24. The number of hydrogen-bond donors (Lipinski definition) is 1. The monoisotopic (exact) mass is 295 g/mol. The standard InChI is InChI=1S/C12H16F3NO2S/c1-2-6-11(9-10-7-4-3-5-8-10)16-19(17,18)12(13,14)15/h3-5,7-8,11,16H,2,6,9H2,1H3. The smallest absolute Gasteiger partial charge is 0.204 e. The van der Waals surface area contributed by atoms with Crippen LogP contribution in [-0.2, 0) is 16.4 Å². The molecular weight excluding hydrogens is 279 g/mol. The molecule has 0 bridgehead atoms. The molecule has 0 spiro atoms. The van der Waals surface area contributed by atoms with Gasteiger partial charge < -0.3 is 0 Å². The molecule has 0 fully saturated rings. The molecule has 1 atom stereocenters. The van der Waals surface area contributed by atoms with Gasteiger partial charge in [-0.15, -0.1) is 0 Å². The van der Waals surface area contributed by atoms with Crippen molar-refractivity contribution in [2.24, 2.45) is 0 Å². The van der Waals surface area contributed by atoms with Gasteiger partial charge in [-0.2, -0.15) is 13.2 Å². The minimum Gasteiger partial charge on any atom is -0.204 e. The summed E-state index contributed by atoms with van der Waals surface area (Å²) >= 11 is 0. The van der Waals surface area contributed by atoms with Crippen molar-refractivity contribution in [3.63, 3.8) is 0 Å². The fourth-order valence-electron chi connectivity index (χ4n) is 1.74. The van der Waals surface area contributed by atoms with Gasteiger partial charge >= 0.3 is 15.5 Å². The second-order valence-corrected chi connectivity index (χ2v) is 5.95. The molecule has 0 heterocycles. The van der Waals surface area contributed by atoms with Crippen LogP contribution < -0.4 is 4.72 Å². The van der Waals surface area contributed by atoms with Gasteiger partial charge in [-0.05, 0) is 18.4 Å². The molecule has 7 heteroatoms. The van der Waals surface area contributed by atoms with E-state index in [4.69, 9.17) is 0 Å². The lowest BCUT2D eigenvalue weighted by Gasteiger charge is -2.19. The highest BCUT2D eigenvalue weighted by Gasteiger charge is 2.46. The van der Waals surface area contributed by atoms with Crippen LogP contribution in [0.25, 0.3) is 0 Å². The zero-order valence-corrected chi connectivity index (χ0v) is 11.3. The van der Waals surface area contributed by atoms with Crippen molar-refractivity contribution in [3.8, 4) is 0 Å². The van der Waals surface area contributed by atoms with Gasteiger partial charge in [0.05, 0.1) is 0 Å². The fourth-order valence-corrected chi connectivity index (χ4v) is 2.51. The van der Waals surface area contributed by atoms with E-state index in [9.17, 15) is 21.6 Å². The summed E-state index contributed by atoms with van der Waals surface area (Å²) < 4.78 is 60.9. The van der Waals surface area contributed by atoms with Crippen LogP contribution >= 0.6 is 0 Å². The lowest BCUT2D eigenvalue weighted by atomic mass is 10.0. The molecule has 19 heavy (non-hydrogen) atoms. The average molecular weight is 295 g/mol. The van der Waals surface area contributed by atoms with Gasteiger partial charge in [-0.25, -0.2) is 13.1 Å². The van der Waals surface area contributed by atoms with Gasteiger partial charge in [-0.1, -0.05) is 43.7 Å². The summed E-state index contributed by atoms with van der Waals surface area (Å²) in [7, 11) is -5.29. The van der Waals surface area contributed by atoms with Crippen LogP contribution in [0.2, 0.25) is 0 Å². The molecule has 1 rings (SSSR count). The zero-order chi connectivity index (χ0) is 14.5. The van der Waals surface area contributed by atoms with Gasteiger partial charge in [0.25, 0.3) is 0 Å². The molecule has 0 aliphatic heterocycles. The first-order valence-corrected chi connectivity index (χ1v) is 7.37. The first-order chi connectivity index (χ1) is 8.76. The molecule has 108 valence electrons. The van der Waals surface area contributed by atoms with Crippen molar-refractivity contribution >= 4 is 10.0 Å². The lowest BCUT2D eigenvalue weighted by molar-refractivity contribution is -0.0451. The Morgan fingerprint density at radius 3 is 2.26 bits per heavy atom. The largest absolute Gasteiger partial charge is 0.511 e. The fraction of sp³-hybridized carbons (Fsp3) is 0.500. The Labute approximate surface area is 110 Å². The highest BCUT2D eigenvalue weighted by atomic mass is 32.2. The van der Waals surface area contributed by atoms with E-state index in [1.807, 2.05) is 0 Å². The molecule has 0 amide bonds. The number of hydrogen-bond acceptors (Lipinski definition) is 2. The van der Waals surface area contributed by atoms with Crippen LogP contribution in [-0.4, -0.2) is 20.0 Å². The Morgan fingerprint density at radius 2 is 1.79 bits per heavy atom. The minimum atomic E-state index is -5.29. The molecule has 0 saturated heterocycles. The first-order valence-electron chi connectivity index (χ1n) is 5.89. The molecule has 1 unspecified atom stereocenters. The maximum Gasteiger partial charge on any atom is 0.511 e. The number of rotatable bonds is 6. The number of nitrogens with one attached hydrogen (secondary N) is 1. The molecule has 0 aliphatic carbocycles. The van der Waals surface area contributed by atoms with E-state index in [0.29, 0.717) is 12.8 Å². The van der Waals surface area contributed by atoms with E-state index >= 15 is 0 Å². The van der Waals surface area contributed by atoms with Crippen LogP contribution in [0.3, 0.4) is 0 Å². The predicted octanol–water partition coefficient (Wildman–Crippen LogP) is 2.84. The number of benzene rings is 1. The third-order valence-corrected chi connectivity index (χ3v) is 3.84. The molecule has 0 aromatic heterocycles. The summed E-state index contributed by atoms with van der Waals surface area (Å²) in [4.78, 5) is 0. The quantitative estimate of drug-likeness (QED) is 0.877. The Balaban J connectivity index is 2.80. The van der Waals surface area contributed by atoms with Crippen LogP contribution in [0.1, 0.15) is 25.3 Å². The summed E-state index contributed by atoms with van der Waals surface area (Å²) in [5.74, 6) is 0. The number of halogens is 3. The molecular formula is C12H16F3NO2S. The molecule has 3 nitrogen and oxygen atoms in total. The van der Waals surface area contributed by atoms with Crippen LogP contribution in [0, 0.1) is 0 Å². The molecule has 0 saturated carbocycles. The number of sulfonamides is 1. The minimum absolute atomic E-state index is 0.240. The van der Waals surface area contributed by atoms with Gasteiger partial charge in [0.1, 0.15) is 0 Å². The Bertz CT molecular complexity index is 485. The van der Waals surface area contributed by atoms with Gasteiger partial charge in [0, 0.05) is 6.04 Å². The Kier molecular flexibility index (Phi) is 5.37. The SMILES string of the molecule is CCCC(Cc1ccccc1)NS(=O)(=O)C(F)(F)F. The molecule has 0 radical (unpaired) electrons. The van der Waals surface area contributed by atoms with E-state index < -0.39 is 21.6 Å². The number of alkyl halides is 3. The van der Waals surface area contributed by atoms with Crippen molar-refractivity contribution in [2.45, 2.75) is 37.7 Å². The van der Waals surface area contributed by atoms with E-state index in [1.54, 1.807) is 42.0 Å². The van der Waals surface area contributed by atoms with Crippen molar-refractivity contribution < 1.29 is 21.6 Å². The lowest BCUT2D eigenvalue weighted by Crippen LogP contribution is -2.43. The summed E-state index contributed by atoms with van der Waals surface area (Å²) in [6.07, 6.45) is 1.19. The summed E-state index contributed by atoms with van der Waals surface area (Å²) in [6, 6.07) is 8.07. The highest BCUT2D eigenvalue weighted by molar-refractivity contribution is 7.90. The zero-order valence-electron chi connectivity index (χ0n) is 10.4. The predicted molar refractivity (Wildman–Crippen MR) is 67.0 cm³/mol. The van der Waals surface area contributed by atoms with E-state index in [0.717, 1.165) is 5.56 Å². The van der Waals surface area contributed by atoms with E-state index in [2.05, 4.69) is 0 Å². The third-order valence-electron chi connectivity index (χ3n) is 2.59. The van der Waals surface area contributed by atoms with Crippen molar-refractivity contribution in [3.05, 3.63) is 35.9 Å². The van der Waals surface area contributed by atoms with E-state index in [1.165, 1.54) is 0 Å². The maximum atomic E-state index is 12.3. The highest BCUT2D eigenvalue weighted by Crippen LogP contribution is 2.23. The van der Waals surface area contributed by atoms with Gasteiger partial charge in [-0.3, -0.25) is 0 Å². The topological polar surface area (TPSA) is 46.2 Å². The van der Waals surface area contributed by atoms with Crippen molar-refractivity contribution in [1.82, 2.24) is 4.72 Å². The Hall–Kier alpha value is -1.08. The van der Waals surface area contributed by atoms with Gasteiger partial charge in [0.15, 0.2) is 0 Å². The summed E-state index contributed by atoms with van der Waals surface area (Å²) in [6.45, 7) is 1.79. The van der Waals surface area contributed by atoms with Crippen molar-refractivity contribution in [1.29, 1.82) is 0 Å². The Morgan fingerprint density at radius 1 is 1.21 bits per heavy atom. The van der Waals surface area contributed by atoms with E-state index in [-0.39, 0.29) is 6.42 Å².